The van der Waals surface area contributed by atoms with Crippen molar-refractivity contribution >= 4 is 17.7 Å². The molecular weight excluding hydrogens is 549 g/mol. The van der Waals surface area contributed by atoms with E-state index in [1.165, 1.54) is 0 Å². The van der Waals surface area contributed by atoms with Crippen molar-refractivity contribution in [3.05, 3.63) is 108 Å². The Kier molecular flexibility index (Phi) is 11.8. The van der Waals surface area contributed by atoms with E-state index in [-0.39, 0.29) is 43.0 Å². The van der Waals surface area contributed by atoms with Crippen LogP contribution in [0, 0.1) is 0 Å². The molecule has 0 fully saturated rings. The second-order valence-corrected chi connectivity index (χ2v) is 10.3. The number of hydrogen-bond acceptors (Lipinski definition) is 8. The van der Waals surface area contributed by atoms with Gasteiger partial charge in [0.05, 0.1) is 13.2 Å². The summed E-state index contributed by atoms with van der Waals surface area (Å²) in [6.07, 6.45) is -0.367. The molecule has 0 spiro atoms. The lowest BCUT2D eigenvalue weighted by atomic mass is 10.0. The molecule has 9 heteroatoms. The average Bonchev–Trinajstić information content (AvgIpc) is 3.74. The van der Waals surface area contributed by atoms with Gasteiger partial charge in [-0.25, -0.2) is 19.4 Å². The number of hydrogen-bond donors (Lipinski definition) is 1. The number of benzene rings is 3. The smallest absolute Gasteiger partial charge is 0.181 e. The minimum absolute atomic E-state index is 0.00569. The lowest BCUT2D eigenvalue weighted by Crippen LogP contribution is -2.19. The molecule has 0 radical (unpaired) electrons. The zero-order valence-electron chi connectivity index (χ0n) is 25.0. The lowest BCUT2D eigenvalue weighted by Gasteiger charge is -2.16. The van der Waals surface area contributed by atoms with Gasteiger partial charge in [0.2, 0.25) is 0 Å². The summed E-state index contributed by atoms with van der Waals surface area (Å²) in [4.78, 5) is 12.7. The molecule has 0 amide bonds. The molecule has 0 unspecified atom stereocenters. The quantitative estimate of drug-likeness (QED) is 0.352. The van der Waals surface area contributed by atoms with E-state index < -0.39 is 6.67 Å². The maximum atomic E-state index is 12.6. The van der Waals surface area contributed by atoms with Crippen molar-refractivity contribution in [3.63, 3.8) is 0 Å². The van der Waals surface area contributed by atoms with Crippen molar-refractivity contribution < 1.29 is 28.4 Å². The summed E-state index contributed by atoms with van der Waals surface area (Å²) in [5.41, 5.74) is 3.20. The van der Waals surface area contributed by atoms with Crippen molar-refractivity contribution in [1.29, 1.82) is 0 Å². The number of aliphatic imine (C=N–C) groups is 3. The number of methoxy groups -OCH3 is 1. The molecule has 228 valence electrons. The highest BCUT2D eigenvalue weighted by molar-refractivity contribution is 5.76. The Morgan fingerprint density at radius 1 is 0.605 bits per heavy atom. The Labute approximate surface area is 252 Å². The van der Waals surface area contributed by atoms with E-state index in [4.69, 9.17) is 24.1 Å². The van der Waals surface area contributed by atoms with Crippen molar-refractivity contribution in [3.8, 4) is 0 Å². The van der Waals surface area contributed by atoms with Gasteiger partial charge in [-0.05, 0) is 16.7 Å². The van der Waals surface area contributed by atoms with Gasteiger partial charge in [0, 0.05) is 27.9 Å². The Hall–Kier alpha value is -4.08. The van der Waals surface area contributed by atoms with E-state index >= 15 is 0 Å². The van der Waals surface area contributed by atoms with Crippen LogP contribution in [0.25, 0.3) is 0 Å². The molecule has 43 heavy (non-hydrogen) atoms. The third-order valence-corrected chi connectivity index (χ3v) is 7.05. The first-order valence-electron chi connectivity index (χ1n) is 14.4. The molecule has 3 aromatic rings. The molecule has 3 aliphatic rings. The van der Waals surface area contributed by atoms with E-state index in [2.05, 4.69) is 27.1 Å². The van der Waals surface area contributed by atoms with Crippen LogP contribution >= 0.6 is 0 Å². The Balaban J connectivity index is 0.000000148. The summed E-state index contributed by atoms with van der Waals surface area (Å²) in [5, 5.41) is 9.13. The SMILES string of the molecule is CC1=N[C@@H](CF)[C@H](c2ccccc2)O1.CC1=N[C@@H](CO)[C@H](c2ccccc2)O1.COC[C@@H]1N=C(C)O[C@H]1c1ccccc1. The van der Waals surface area contributed by atoms with Crippen molar-refractivity contribution in [2.24, 2.45) is 15.0 Å². The largest absolute Gasteiger partial charge is 0.471 e. The van der Waals surface area contributed by atoms with Gasteiger partial charge >= 0.3 is 0 Å². The van der Waals surface area contributed by atoms with Crippen LogP contribution in [0.5, 0.6) is 0 Å². The van der Waals surface area contributed by atoms with Gasteiger partial charge in [0.15, 0.2) is 23.8 Å². The zero-order chi connectivity index (χ0) is 30.6. The van der Waals surface area contributed by atoms with Crippen molar-refractivity contribution in [2.45, 2.75) is 57.2 Å². The standard InChI is InChI=1S/C12H15NO2.C11H12FNO.C11H13NO2/c1-9-13-11(8-14-2)12(15-9)10-6-4-3-5-7-10;1-8-13-10(7-12)11(14-8)9-5-3-2-4-6-9;1-8-12-10(7-13)11(14-8)9-5-3-2-4-6-9/h3-7,11-12H,8H2,1-2H3;2-6,10-11H,7H2,1H3;2-6,10-11,13H,7H2,1H3/t11-,12-;2*10-,11-/m000/s1. The highest BCUT2D eigenvalue weighted by Crippen LogP contribution is 2.30. The topological polar surface area (TPSA) is 94.2 Å². The normalized spacial score (nSPS) is 25.4. The van der Waals surface area contributed by atoms with Crippen molar-refractivity contribution in [1.82, 2.24) is 0 Å². The second-order valence-electron chi connectivity index (χ2n) is 10.3. The number of ether oxygens (including phenoxy) is 4. The van der Waals surface area contributed by atoms with Crippen LogP contribution in [0.2, 0.25) is 0 Å². The summed E-state index contributed by atoms with van der Waals surface area (Å²) < 4.78 is 34.4. The van der Waals surface area contributed by atoms with Gasteiger partial charge in [0.25, 0.3) is 0 Å². The highest BCUT2D eigenvalue weighted by atomic mass is 19.1. The third kappa shape index (κ3) is 8.72. The Bertz CT molecular complexity index is 1280. The minimum atomic E-state index is -0.475. The minimum Gasteiger partial charge on any atom is -0.471 e. The van der Waals surface area contributed by atoms with E-state index in [9.17, 15) is 4.39 Å². The number of rotatable bonds is 7. The monoisotopic (exact) mass is 589 g/mol. The van der Waals surface area contributed by atoms with E-state index in [0.717, 1.165) is 22.6 Å². The van der Waals surface area contributed by atoms with Gasteiger partial charge in [-0.1, -0.05) is 91.0 Å². The molecule has 0 saturated carbocycles. The lowest BCUT2D eigenvalue weighted by molar-refractivity contribution is 0.119. The van der Waals surface area contributed by atoms with Crippen LogP contribution in [-0.2, 0) is 18.9 Å². The Morgan fingerprint density at radius 2 is 0.953 bits per heavy atom. The molecule has 1 N–H and O–H groups in total. The number of aliphatic hydroxyl groups is 1. The van der Waals surface area contributed by atoms with Gasteiger partial charge in [-0.3, -0.25) is 0 Å². The van der Waals surface area contributed by atoms with Crippen LogP contribution in [0.15, 0.2) is 106 Å². The predicted octanol–water partition coefficient (Wildman–Crippen LogP) is 6.24. The fourth-order valence-corrected chi connectivity index (χ4v) is 5.13. The predicted molar refractivity (Wildman–Crippen MR) is 166 cm³/mol. The number of alkyl halides is 1. The summed E-state index contributed by atoms with van der Waals surface area (Å²) in [5.74, 6) is 1.96. The van der Waals surface area contributed by atoms with Crippen LogP contribution in [0.1, 0.15) is 55.8 Å². The number of halogens is 1. The van der Waals surface area contributed by atoms with Crippen LogP contribution in [0.3, 0.4) is 0 Å². The first-order chi connectivity index (χ1) is 20.9. The van der Waals surface area contributed by atoms with Crippen LogP contribution in [-0.4, -0.2) is 67.9 Å². The van der Waals surface area contributed by atoms with Crippen LogP contribution in [0.4, 0.5) is 4.39 Å². The van der Waals surface area contributed by atoms with Gasteiger partial charge in [-0.2, -0.15) is 0 Å². The summed E-state index contributed by atoms with van der Waals surface area (Å²) in [6.45, 7) is 5.59. The van der Waals surface area contributed by atoms with Crippen molar-refractivity contribution in [2.75, 3.05) is 27.0 Å². The summed E-state index contributed by atoms with van der Waals surface area (Å²) in [6, 6.07) is 29.2. The number of aliphatic hydroxyl groups excluding tert-OH is 1. The average molecular weight is 590 g/mol. The van der Waals surface area contributed by atoms with Gasteiger partial charge in [-0.15, -0.1) is 0 Å². The third-order valence-electron chi connectivity index (χ3n) is 7.05. The molecule has 3 aliphatic heterocycles. The highest BCUT2D eigenvalue weighted by Gasteiger charge is 2.31. The molecule has 3 aromatic carbocycles. The molecular formula is C34H40FN3O5. The fraction of sp³-hybridized carbons (Fsp3) is 0.382. The molecule has 0 bridgehead atoms. The first-order valence-corrected chi connectivity index (χ1v) is 14.4. The molecule has 3 heterocycles. The molecule has 0 aliphatic carbocycles. The summed E-state index contributed by atoms with van der Waals surface area (Å²) in [7, 11) is 1.69. The molecule has 6 atom stereocenters. The molecule has 0 aromatic heterocycles. The molecule has 0 saturated heterocycles. The number of nitrogens with zero attached hydrogens (tertiary/aromatic N) is 3. The first kappa shape index (κ1) is 31.8. The van der Waals surface area contributed by atoms with E-state index in [1.807, 2.05) is 92.7 Å². The summed E-state index contributed by atoms with van der Waals surface area (Å²) >= 11 is 0. The molecule has 6 rings (SSSR count). The van der Waals surface area contributed by atoms with Gasteiger partial charge < -0.3 is 24.1 Å². The maximum Gasteiger partial charge on any atom is 0.181 e. The van der Waals surface area contributed by atoms with Gasteiger partial charge in [0.1, 0.15) is 37.0 Å². The molecule has 8 nitrogen and oxygen atoms in total. The van der Waals surface area contributed by atoms with Crippen LogP contribution < -0.4 is 0 Å². The second kappa shape index (κ2) is 16.0. The zero-order valence-corrected chi connectivity index (χ0v) is 25.0. The van der Waals surface area contributed by atoms with E-state index in [1.54, 1.807) is 14.0 Å². The fourth-order valence-electron chi connectivity index (χ4n) is 5.13. The maximum absolute atomic E-state index is 12.6. The van der Waals surface area contributed by atoms with E-state index in [0.29, 0.717) is 18.4 Å². The Morgan fingerprint density at radius 3 is 1.33 bits per heavy atom.